The van der Waals surface area contributed by atoms with Gasteiger partial charge < -0.3 is 19.5 Å². The van der Waals surface area contributed by atoms with Crippen molar-refractivity contribution in [2.24, 2.45) is 0 Å². The largest absolute Gasteiger partial charge is 0.497 e. The molecule has 0 aliphatic carbocycles. The van der Waals surface area contributed by atoms with Crippen molar-refractivity contribution in [2.75, 3.05) is 26.6 Å². The SMILES string of the molecule is COCc1cccc(C(=O)Nc2ccc(OC)cc2C(=O)OC)c1. The molecule has 126 valence electrons. The molecule has 2 aromatic carbocycles. The van der Waals surface area contributed by atoms with E-state index in [-0.39, 0.29) is 11.5 Å². The van der Waals surface area contributed by atoms with Crippen molar-refractivity contribution in [1.82, 2.24) is 0 Å². The summed E-state index contributed by atoms with van der Waals surface area (Å²) in [6.45, 7) is 0.414. The predicted molar refractivity (Wildman–Crippen MR) is 89.4 cm³/mol. The summed E-state index contributed by atoms with van der Waals surface area (Å²) in [6.07, 6.45) is 0. The summed E-state index contributed by atoms with van der Waals surface area (Å²) in [4.78, 5) is 24.4. The number of nitrogens with one attached hydrogen (secondary N) is 1. The van der Waals surface area contributed by atoms with Crippen LogP contribution in [-0.4, -0.2) is 33.2 Å². The molecule has 0 aliphatic rings. The third kappa shape index (κ3) is 4.11. The van der Waals surface area contributed by atoms with Crippen LogP contribution in [-0.2, 0) is 16.1 Å². The summed E-state index contributed by atoms with van der Waals surface area (Å²) >= 11 is 0. The first kappa shape index (κ1) is 17.5. The second-order valence-corrected chi connectivity index (χ2v) is 4.99. The van der Waals surface area contributed by atoms with Gasteiger partial charge in [-0.25, -0.2) is 4.79 Å². The number of hydrogen-bond acceptors (Lipinski definition) is 5. The van der Waals surface area contributed by atoms with Crippen LogP contribution in [0.3, 0.4) is 0 Å². The molecular weight excluding hydrogens is 310 g/mol. The van der Waals surface area contributed by atoms with Gasteiger partial charge >= 0.3 is 5.97 Å². The van der Waals surface area contributed by atoms with Crippen molar-refractivity contribution in [1.29, 1.82) is 0 Å². The highest BCUT2D eigenvalue weighted by molar-refractivity contribution is 6.08. The number of carbonyl (C=O) groups excluding carboxylic acids is 2. The van der Waals surface area contributed by atoms with E-state index in [0.29, 0.717) is 23.6 Å². The second-order valence-electron chi connectivity index (χ2n) is 4.99. The van der Waals surface area contributed by atoms with Crippen molar-refractivity contribution in [2.45, 2.75) is 6.61 Å². The van der Waals surface area contributed by atoms with E-state index in [1.165, 1.54) is 20.3 Å². The third-order valence-corrected chi connectivity index (χ3v) is 3.38. The number of rotatable bonds is 6. The molecular formula is C18H19NO5. The van der Waals surface area contributed by atoms with Crippen LogP contribution in [0.4, 0.5) is 5.69 Å². The fraction of sp³-hybridized carbons (Fsp3) is 0.222. The van der Waals surface area contributed by atoms with Gasteiger partial charge in [-0.1, -0.05) is 12.1 Å². The minimum absolute atomic E-state index is 0.221. The molecule has 2 rings (SSSR count). The van der Waals surface area contributed by atoms with Gasteiger partial charge in [0.05, 0.1) is 32.1 Å². The van der Waals surface area contributed by atoms with Crippen LogP contribution < -0.4 is 10.1 Å². The van der Waals surface area contributed by atoms with Gasteiger partial charge in [-0.05, 0) is 35.9 Å². The maximum Gasteiger partial charge on any atom is 0.340 e. The van der Waals surface area contributed by atoms with Gasteiger partial charge in [-0.15, -0.1) is 0 Å². The van der Waals surface area contributed by atoms with Crippen molar-refractivity contribution < 1.29 is 23.8 Å². The minimum Gasteiger partial charge on any atom is -0.497 e. The number of methoxy groups -OCH3 is 3. The molecule has 0 saturated heterocycles. The Balaban J connectivity index is 2.28. The van der Waals surface area contributed by atoms with Gasteiger partial charge in [0.15, 0.2) is 0 Å². The quantitative estimate of drug-likeness (QED) is 0.825. The van der Waals surface area contributed by atoms with Crippen molar-refractivity contribution in [3.05, 3.63) is 59.2 Å². The van der Waals surface area contributed by atoms with Crippen LogP contribution in [0, 0.1) is 0 Å². The lowest BCUT2D eigenvalue weighted by molar-refractivity contribution is 0.0601. The van der Waals surface area contributed by atoms with Crippen LogP contribution in [0.25, 0.3) is 0 Å². The summed E-state index contributed by atoms with van der Waals surface area (Å²) in [5, 5.41) is 2.73. The molecule has 0 unspecified atom stereocenters. The molecule has 0 fully saturated rings. The Hall–Kier alpha value is -2.86. The molecule has 0 aliphatic heterocycles. The molecule has 0 atom stereocenters. The highest BCUT2D eigenvalue weighted by atomic mass is 16.5. The zero-order valence-electron chi connectivity index (χ0n) is 13.8. The standard InChI is InChI=1S/C18H19NO5/c1-22-11-12-5-4-6-13(9-12)17(20)19-16-8-7-14(23-2)10-15(16)18(21)24-3/h4-10H,11H2,1-3H3,(H,19,20). The summed E-state index contributed by atoms with van der Waals surface area (Å²) in [6, 6.07) is 11.8. The van der Waals surface area contributed by atoms with E-state index in [1.54, 1.807) is 37.4 Å². The molecule has 6 nitrogen and oxygen atoms in total. The summed E-state index contributed by atoms with van der Waals surface area (Å²) in [7, 11) is 4.37. The summed E-state index contributed by atoms with van der Waals surface area (Å²) in [5.41, 5.74) is 1.92. The van der Waals surface area contributed by atoms with Crippen molar-refractivity contribution in [3.63, 3.8) is 0 Å². The molecule has 0 aromatic heterocycles. The lowest BCUT2D eigenvalue weighted by atomic mass is 10.1. The number of benzene rings is 2. The van der Waals surface area contributed by atoms with Crippen LogP contribution >= 0.6 is 0 Å². The Bertz CT molecular complexity index is 742. The monoisotopic (exact) mass is 329 g/mol. The van der Waals surface area contributed by atoms with Crippen LogP contribution in [0.1, 0.15) is 26.3 Å². The van der Waals surface area contributed by atoms with Crippen LogP contribution in [0.15, 0.2) is 42.5 Å². The smallest absolute Gasteiger partial charge is 0.340 e. The lowest BCUT2D eigenvalue weighted by Gasteiger charge is -2.12. The number of hydrogen-bond donors (Lipinski definition) is 1. The van der Waals surface area contributed by atoms with Crippen molar-refractivity contribution >= 4 is 17.6 Å². The van der Waals surface area contributed by atoms with Gasteiger partial charge in [0.25, 0.3) is 5.91 Å². The minimum atomic E-state index is -0.558. The Labute approximate surface area is 140 Å². The van der Waals surface area contributed by atoms with E-state index < -0.39 is 5.97 Å². The predicted octanol–water partition coefficient (Wildman–Crippen LogP) is 2.88. The van der Waals surface area contributed by atoms with E-state index in [0.717, 1.165) is 5.56 Å². The lowest BCUT2D eigenvalue weighted by Crippen LogP contribution is -2.15. The van der Waals surface area contributed by atoms with Gasteiger partial charge in [0, 0.05) is 12.7 Å². The van der Waals surface area contributed by atoms with Gasteiger partial charge in [-0.2, -0.15) is 0 Å². The molecule has 1 amide bonds. The fourth-order valence-corrected chi connectivity index (χ4v) is 2.20. The van der Waals surface area contributed by atoms with E-state index in [2.05, 4.69) is 5.32 Å². The number of anilines is 1. The van der Waals surface area contributed by atoms with E-state index in [1.807, 2.05) is 6.07 Å². The first-order valence-corrected chi connectivity index (χ1v) is 7.24. The highest BCUT2D eigenvalue weighted by Gasteiger charge is 2.16. The van der Waals surface area contributed by atoms with Gasteiger partial charge in [-0.3, -0.25) is 4.79 Å². The molecule has 1 N–H and O–H groups in total. The first-order chi connectivity index (χ1) is 11.6. The molecule has 0 spiro atoms. The number of esters is 1. The van der Waals surface area contributed by atoms with E-state index >= 15 is 0 Å². The maximum atomic E-state index is 12.5. The average Bonchev–Trinajstić information content (AvgIpc) is 2.61. The molecule has 0 heterocycles. The van der Waals surface area contributed by atoms with Gasteiger partial charge in [0.1, 0.15) is 5.75 Å². The third-order valence-electron chi connectivity index (χ3n) is 3.38. The molecule has 0 saturated carbocycles. The Kier molecular flexibility index (Phi) is 5.92. The number of amides is 1. The van der Waals surface area contributed by atoms with Crippen LogP contribution in [0.5, 0.6) is 5.75 Å². The topological polar surface area (TPSA) is 73.9 Å². The number of ether oxygens (including phenoxy) is 3. The van der Waals surface area contributed by atoms with Crippen LogP contribution in [0.2, 0.25) is 0 Å². The van der Waals surface area contributed by atoms with Gasteiger partial charge in [0.2, 0.25) is 0 Å². The summed E-state index contributed by atoms with van der Waals surface area (Å²) in [5.74, 6) is -0.393. The first-order valence-electron chi connectivity index (χ1n) is 7.24. The maximum absolute atomic E-state index is 12.5. The Morgan fingerprint density at radius 3 is 2.50 bits per heavy atom. The summed E-state index contributed by atoms with van der Waals surface area (Å²) < 4.78 is 14.9. The zero-order chi connectivity index (χ0) is 17.5. The van der Waals surface area contributed by atoms with Crippen molar-refractivity contribution in [3.8, 4) is 5.75 Å². The molecule has 6 heteroatoms. The zero-order valence-corrected chi connectivity index (χ0v) is 13.8. The molecule has 0 radical (unpaired) electrons. The number of carbonyl (C=O) groups is 2. The molecule has 0 bridgehead atoms. The molecule has 2 aromatic rings. The Morgan fingerprint density at radius 1 is 1.04 bits per heavy atom. The fourth-order valence-electron chi connectivity index (χ4n) is 2.20. The Morgan fingerprint density at radius 2 is 1.83 bits per heavy atom. The highest BCUT2D eigenvalue weighted by Crippen LogP contribution is 2.23. The molecule has 24 heavy (non-hydrogen) atoms. The van der Waals surface area contributed by atoms with E-state index in [4.69, 9.17) is 14.2 Å². The average molecular weight is 329 g/mol. The second kappa shape index (κ2) is 8.12. The van der Waals surface area contributed by atoms with E-state index in [9.17, 15) is 9.59 Å². The normalized spacial score (nSPS) is 10.1.